The molecule has 1 fully saturated rings. The summed E-state index contributed by atoms with van der Waals surface area (Å²) in [6.45, 7) is 0.109. The zero-order valence-corrected chi connectivity index (χ0v) is 16.4. The molecule has 0 unspecified atom stereocenters. The summed E-state index contributed by atoms with van der Waals surface area (Å²) in [5.41, 5.74) is 1.68. The van der Waals surface area contributed by atoms with Crippen LogP contribution in [-0.2, 0) is 13.6 Å². The van der Waals surface area contributed by atoms with Crippen molar-refractivity contribution in [2.75, 3.05) is 0 Å². The van der Waals surface area contributed by atoms with E-state index in [0.717, 1.165) is 11.6 Å². The van der Waals surface area contributed by atoms with Gasteiger partial charge in [0.1, 0.15) is 12.9 Å². The number of nitrogens with zero attached hydrogens (tertiary/aromatic N) is 6. The minimum absolute atomic E-state index is 0.0901. The second-order valence-corrected chi connectivity index (χ2v) is 8.02. The lowest BCUT2D eigenvalue weighted by Crippen LogP contribution is -2.22. The number of imidazole rings is 1. The number of aryl methyl sites for hydroxylation is 1. The van der Waals surface area contributed by atoms with Gasteiger partial charge in [-0.2, -0.15) is 4.98 Å². The zero-order chi connectivity index (χ0) is 21.3. The van der Waals surface area contributed by atoms with Crippen LogP contribution in [-0.4, -0.2) is 29.2 Å². The van der Waals surface area contributed by atoms with Crippen LogP contribution < -0.4 is 5.56 Å². The molecule has 3 heterocycles. The minimum atomic E-state index is -0.840. The molecule has 3 atom stereocenters. The molecule has 2 aliphatic carbocycles. The highest BCUT2D eigenvalue weighted by atomic mass is 19.2. The van der Waals surface area contributed by atoms with E-state index in [-0.39, 0.29) is 29.9 Å². The Morgan fingerprint density at radius 1 is 1.23 bits per heavy atom. The van der Waals surface area contributed by atoms with Crippen LogP contribution in [0.5, 0.6) is 0 Å². The molecule has 0 radical (unpaired) electrons. The molecule has 0 saturated heterocycles. The number of halogens is 2. The van der Waals surface area contributed by atoms with E-state index in [9.17, 15) is 13.6 Å². The van der Waals surface area contributed by atoms with Crippen molar-refractivity contribution in [2.45, 2.75) is 18.9 Å². The van der Waals surface area contributed by atoms with Gasteiger partial charge in [-0.05, 0) is 29.9 Å². The van der Waals surface area contributed by atoms with E-state index in [1.165, 1.54) is 23.3 Å². The fourth-order valence-corrected chi connectivity index (χ4v) is 4.56. The van der Waals surface area contributed by atoms with Crippen molar-refractivity contribution in [1.29, 1.82) is 0 Å². The minimum Gasteiger partial charge on any atom is -0.337 e. The van der Waals surface area contributed by atoms with Crippen LogP contribution >= 0.6 is 0 Å². The Balaban J connectivity index is 1.21. The predicted molar refractivity (Wildman–Crippen MR) is 105 cm³/mol. The lowest BCUT2D eigenvalue weighted by Gasteiger charge is -2.07. The Bertz CT molecular complexity index is 1440. The number of benzene rings is 1. The number of aromatic nitrogens is 6. The maximum atomic E-state index is 14.1. The quantitative estimate of drug-likeness (QED) is 0.502. The summed E-state index contributed by atoms with van der Waals surface area (Å²) in [5.74, 6) is -0.248. The van der Waals surface area contributed by atoms with E-state index in [2.05, 4.69) is 20.1 Å². The average molecular weight is 422 g/mol. The summed E-state index contributed by atoms with van der Waals surface area (Å²) in [5, 5.41) is 4.08. The monoisotopic (exact) mass is 422 g/mol. The fraction of sp³-hybridized carbons (Fsp3) is 0.286. The molecule has 6 rings (SSSR count). The van der Waals surface area contributed by atoms with Crippen LogP contribution in [0.25, 0.3) is 16.7 Å². The van der Waals surface area contributed by atoms with Gasteiger partial charge in [-0.1, -0.05) is 23.4 Å². The van der Waals surface area contributed by atoms with E-state index in [1.807, 2.05) is 6.08 Å². The molecule has 3 aromatic heterocycles. The standard InChI is InChI=1S/C21H16F2N6O2/c1-28-8-24-20-18(28)21(30)29(9-25-20)7-15-26-19(27-31-15)16-12-5-10(6-13(12)16)11-3-2-4-14(22)17(11)23/h2-5,8-9,12-13,16H,6-7H2,1H3/t12-,13+,16-/m0/s1. The van der Waals surface area contributed by atoms with E-state index in [1.54, 1.807) is 17.7 Å². The first kappa shape index (κ1) is 18.1. The predicted octanol–water partition coefficient (Wildman–Crippen LogP) is 2.66. The largest absolute Gasteiger partial charge is 0.337 e. The normalized spacial score (nSPS) is 22.0. The second-order valence-electron chi connectivity index (χ2n) is 8.02. The molecule has 0 N–H and O–H groups in total. The Morgan fingerprint density at radius 2 is 2.06 bits per heavy atom. The highest BCUT2D eigenvalue weighted by Gasteiger charge is 2.55. The van der Waals surface area contributed by atoms with Gasteiger partial charge in [-0.15, -0.1) is 0 Å². The van der Waals surface area contributed by atoms with Gasteiger partial charge in [-0.25, -0.2) is 18.7 Å². The molecule has 4 aromatic rings. The maximum Gasteiger partial charge on any atom is 0.280 e. The van der Waals surface area contributed by atoms with Gasteiger partial charge in [0, 0.05) is 18.5 Å². The number of fused-ring (bicyclic) bond motifs is 2. The lowest BCUT2D eigenvalue weighted by molar-refractivity contribution is 0.364. The molecule has 31 heavy (non-hydrogen) atoms. The molecule has 0 spiro atoms. The van der Waals surface area contributed by atoms with Crippen molar-refractivity contribution >= 4 is 16.7 Å². The SMILES string of the molecule is Cn1cnc2ncn(Cc3nc([C@H]4[C@H]5C=C(c6cccc(F)c6F)C[C@H]54)no3)c(=O)c21. The average Bonchev–Trinajstić information content (AvgIpc) is 3.18. The third kappa shape index (κ3) is 2.74. The van der Waals surface area contributed by atoms with Crippen molar-refractivity contribution in [3.63, 3.8) is 0 Å². The maximum absolute atomic E-state index is 14.1. The summed E-state index contributed by atoms with van der Waals surface area (Å²) in [6, 6.07) is 4.23. The van der Waals surface area contributed by atoms with E-state index in [0.29, 0.717) is 34.9 Å². The number of rotatable bonds is 4. The highest BCUT2D eigenvalue weighted by Crippen LogP contribution is 2.62. The summed E-state index contributed by atoms with van der Waals surface area (Å²) >= 11 is 0. The van der Waals surface area contributed by atoms with Gasteiger partial charge in [0.05, 0.1) is 6.33 Å². The summed E-state index contributed by atoms with van der Waals surface area (Å²) in [4.78, 5) is 25.4. The van der Waals surface area contributed by atoms with Crippen LogP contribution in [0.2, 0.25) is 0 Å². The smallest absolute Gasteiger partial charge is 0.280 e. The summed E-state index contributed by atoms with van der Waals surface area (Å²) < 4.78 is 36.0. The molecule has 8 nitrogen and oxygen atoms in total. The van der Waals surface area contributed by atoms with Crippen LogP contribution in [0, 0.1) is 23.5 Å². The van der Waals surface area contributed by atoms with Crippen molar-refractivity contribution in [2.24, 2.45) is 18.9 Å². The molecule has 156 valence electrons. The van der Waals surface area contributed by atoms with Crippen molar-refractivity contribution in [3.8, 4) is 0 Å². The number of allylic oxidation sites excluding steroid dienone is 2. The van der Waals surface area contributed by atoms with Gasteiger partial charge in [0.25, 0.3) is 5.56 Å². The van der Waals surface area contributed by atoms with Gasteiger partial charge < -0.3 is 9.09 Å². The van der Waals surface area contributed by atoms with Crippen molar-refractivity contribution in [1.82, 2.24) is 29.2 Å². The van der Waals surface area contributed by atoms with E-state index >= 15 is 0 Å². The topological polar surface area (TPSA) is 91.6 Å². The lowest BCUT2D eigenvalue weighted by atomic mass is 10.00. The first-order valence-electron chi connectivity index (χ1n) is 9.85. The van der Waals surface area contributed by atoms with Crippen molar-refractivity contribution < 1.29 is 13.3 Å². The Morgan fingerprint density at radius 3 is 2.87 bits per heavy atom. The zero-order valence-electron chi connectivity index (χ0n) is 16.4. The Labute approximate surface area is 173 Å². The van der Waals surface area contributed by atoms with E-state index < -0.39 is 11.6 Å². The molecule has 0 bridgehead atoms. The molecule has 1 aromatic carbocycles. The molecule has 1 saturated carbocycles. The van der Waals surface area contributed by atoms with Gasteiger partial charge >= 0.3 is 0 Å². The van der Waals surface area contributed by atoms with Crippen LogP contribution in [0.15, 0.2) is 46.2 Å². The Hall–Kier alpha value is -3.69. The molecular weight excluding hydrogens is 406 g/mol. The second kappa shape index (κ2) is 6.40. The van der Waals surface area contributed by atoms with E-state index in [4.69, 9.17) is 4.52 Å². The van der Waals surface area contributed by atoms with Crippen LogP contribution in [0.4, 0.5) is 8.78 Å². The van der Waals surface area contributed by atoms with Gasteiger partial charge in [0.2, 0.25) is 5.89 Å². The molecular formula is C21H16F2N6O2. The number of hydrogen-bond acceptors (Lipinski definition) is 6. The molecule has 10 heteroatoms. The number of hydrogen-bond donors (Lipinski definition) is 0. The third-order valence-corrected chi connectivity index (χ3v) is 6.16. The first-order chi connectivity index (χ1) is 15.0. The van der Waals surface area contributed by atoms with Crippen LogP contribution in [0.3, 0.4) is 0 Å². The molecule has 2 aliphatic rings. The third-order valence-electron chi connectivity index (χ3n) is 6.16. The highest BCUT2D eigenvalue weighted by molar-refractivity contribution is 5.71. The van der Waals surface area contributed by atoms with Crippen molar-refractivity contribution in [3.05, 3.63) is 76.2 Å². The van der Waals surface area contributed by atoms with Gasteiger partial charge in [0.15, 0.2) is 28.6 Å². The van der Waals surface area contributed by atoms with Crippen LogP contribution in [0.1, 0.15) is 29.6 Å². The summed E-state index contributed by atoms with van der Waals surface area (Å²) in [7, 11) is 1.73. The molecule has 0 aliphatic heterocycles. The fourth-order valence-electron chi connectivity index (χ4n) is 4.56. The molecule has 0 amide bonds. The first-order valence-corrected chi connectivity index (χ1v) is 9.85. The summed E-state index contributed by atoms with van der Waals surface area (Å²) in [6.07, 6.45) is 5.57. The Kier molecular flexibility index (Phi) is 3.74. The van der Waals surface area contributed by atoms with Gasteiger partial charge in [-0.3, -0.25) is 9.36 Å².